The van der Waals surface area contributed by atoms with E-state index in [0.717, 1.165) is 57.8 Å². The molecular formula is C18H27F4IN4O. The van der Waals surface area contributed by atoms with E-state index >= 15 is 0 Å². The van der Waals surface area contributed by atoms with Gasteiger partial charge in [-0.25, -0.2) is 4.39 Å². The van der Waals surface area contributed by atoms with E-state index in [0.29, 0.717) is 18.6 Å². The molecule has 1 aliphatic heterocycles. The molecule has 1 aromatic carbocycles. The summed E-state index contributed by atoms with van der Waals surface area (Å²) in [7, 11) is 1.55. The molecule has 1 fully saturated rings. The lowest BCUT2D eigenvalue weighted by Gasteiger charge is -2.26. The Morgan fingerprint density at radius 2 is 1.89 bits per heavy atom. The molecule has 1 saturated heterocycles. The maximum atomic E-state index is 13.1. The fourth-order valence-electron chi connectivity index (χ4n) is 2.86. The number of hydrogen-bond acceptors (Lipinski definition) is 3. The molecule has 0 amide bonds. The van der Waals surface area contributed by atoms with Gasteiger partial charge in [-0.1, -0.05) is 6.07 Å². The molecule has 1 heterocycles. The Balaban J connectivity index is 0.00000392. The van der Waals surface area contributed by atoms with Crippen LogP contribution >= 0.6 is 24.0 Å². The number of nitrogens with one attached hydrogen (secondary N) is 2. The van der Waals surface area contributed by atoms with Crippen molar-refractivity contribution in [3.05, 3.63) is 35.1 Å². The number of morpholine rings is 1. The summed E-state index contributed by atoms with van der Waals surface area (Å²) in [4.78, 5) is 6.36. The molecule has 2 N–H and O–H groups in total. The number of guanidine groups is 1. The van der Waals surface area contributed by atoms with Gasteiger partial charge in [0, 0.05) is 33.2 Å². The monoisotopic (exact) mass is 518 g/mol. The molecule has 28 heavy (non-hydrogen) atoms. The summed E-state index contributed by atoms with van der Waals surface area (Å²) in [5.41, 5.74) is -1.00. The van der Waals surface area contributed by atoms with Gasteiger partial charge < -0.3 is 15.4 Å². The molecule has 0 saturated carbocycles. The first-order chi connectivity index (χ1) is 12.9. The number of aliphatic imine (C=N–C) groups is 1. The van der Waals surface area contributed by atoms with Gasteiger partial charge in [-0.2, -0.15) is 13.2 Å². The van der Waals surface area contributed by atoms with E-state index in [9.17, 15) is 17.6 Å². The van der Waals surface area contributed by atoms with Gasteiger partial charge in [0.2, 0.25) is 0 Å². The van der Waals surface area contributed by atoms with E-state index in [-0.39, 0.29) is 36.1 Å². The third kappa shape index (κ3) is 8.48. The predicted molar refractivity (Wildman–Crippen MR) is 112 cm³/mol. The van der Waals surface area contributed by atoms with Crippen molar-refractivity contribution in [2.45, 2.75) is 25.6 Å². The molecule has 1 aliphatic rings. The van der Waals surface area contributed by atoms with Crippen molar-refractivity contribution in [3.63, 3.8) is 0 Å². The Labute approximate surface area is 179 Å². The zero-order valence-corrected chi connectivity index (χ0v) is 18.1. The van der Waals surface area contributed by atoms with Gasteiger partial charge in [-0.3, -0.25) is 9.89 Å². The average molecular weight is 518 g/mol. The first-order valence-corrected chi connectivity index (χ1v) is 9.00. The highest BCUT2D eigenvalue weighted by molar-refractivity contribution is 14.0. The van der Waals surface area contributed by atoms with E-state index in [2.05, 4.69) is 20.5 Å². The maximum Gasteiger partial charge on any atom is 0.416 e. The number of nitrogens with zero attached hydrogens (tertiary/aromatic N) is 2. The van der Waals surface area contributed by atoms with Gasteiger partial charge in [-0.05, 0) is 37.1 Å². The number of halogens is 5. The fraction of sp³-hybridized carbons (Fsp3) is 0.611. The Morgan fingerprint density at radius 3 is 2.54 bits per heavy atom. The van der Waals surface area contributed by atoms with Crippen molar-refractivity contribution in [2.24, 2.45) is 4.99 Å². The highest BCUT2D eigenvalue weighted by atomic mass is 127. The van der Waals surface area contributed by atoms with E-state index in [1.807, 2.05) is 0 Å². The minimum Gasteiger partial charge on any atom is -0.379 e. The summed E-state index contributed by atoms with van der Waals surface area (Å²) in [5, 5.41) is 5.93. The minimum atomic E-state index is -4.60. The van der Waals surface area contributed by atoms with Crippen molar-refractivity contribution in [2.75, 3.05) is 46.4 Å². The Morgan fingerprint density at radius 1 is 1.18 bits per heavy atom. The van der Waals surface area contributed by atoms with Crippen LogP contribution in [0.2, 0.25) is 0 Å². The standard InChI is InChI=1S/C18H26F4N4O.HI/c1-23-17(24-6-2-3-7-26-8-10-27-11-9-26)25-13-14-4-5-15(19)12-16(14)18(20,21)22;/h4-5,12H,2-3,6-11,13H2,1H3,(H2,23,24,25);1H. The molecule has 0 spiro atoms. The summed E-state index contributed by atoms with van der Waals surface area (Å²) < 4.78 is 57.5. The van der Waals surface area contributed by atoms with Crippen molar-refractivity contribution in [3.8, 4) is 0 Å². The van der Waals surface area contributed by atoms with Crippen LogP contribution in [0.1, 0.15) is 24.0 Å². The third-order valence-corrected chi connectivity index (χ3v) is 4.34. The summed E-state index contributed by atoms with van der Waals surface area (Å²) >= 11 is 0. The molecule has 0 bridgehead atoms. The van der Waals surface area contributed by atoms with E-state index in [1.54, 1.807) is 7.05 Å². The van der Waals surface area contributed by atoms with Gasteiger partial charge in [0.15, 0.2) is 5.96 Å². The molecule has 5 nitrogen and oxygen atoms in total. The molecule has 10 heteroatoms. The van der Waals surface area contributed by atoms with Crippen LogP contribution in [0, 0.1) is 5.82 Å². The molecule has 1 aromatic rings. The average Bonchev–Trinajstić information content (AvgIpc) is 2.65. The number of unbranched alkanes of at least 4 members (excludes halogenated alkanes) is 1. The van der Waals surface area contributed by atoms with Gasteiger partial charge in [0.1, 0.15) is 5.82 Å². The smallest absolute Gasteiger partial charge is 0.379 e. The molecule has 0 unspecified atom stereocenters. The first kappa shape index (κ1) is 24.9. The molecule has 0 aliphatic carbocycles. The zero-order chi connectivity index (χ0) is 19.7. The lowest BCUT2D eigenvalue weighted by molar-refractivity contribution is -0.138. The predicted octanol–water partition coefficient (Wildman–Crippen LogP) is 3.24. The molecule has 160 valence electrons. The number of ether oxygens (including phenoxy) is 1. The van der Waals surface area contributed by atoms with Gasteiger partial charge in [-0.15, -0.1) is 24.0 Å². The summed E-state index contributed by atoms with van der Waals surface area (Å²) in [6.07, 6.45) is -2.67. The second-order valence-corrected chi connectivity index (χ2v) is 6.31. The van der Waals surface area contributed by atoms with E-state index < -0.39 is 17.6 Å². The van der Waals surface area contributed by atoms with Crippen LogP contribution < -0.4 is 10.6 Å². The van der Waals surface area contributed by atoms with Gasteiger partial charge >= 0.3 is 6.18 Å². The van der Waals surface area contributed by atoms with E-state index in [1.165, 1.54) is 0 Å². The number of benzene rings is 1. The number of rotatable bonds is 7. The highest BCUT2D eigenvalue weighted by Crippen LogP contribution is 2.32. The van der Waals surface area contributed by atoms with Crippen molar-refractivity contribution in [1.82, 2.24) is 15.5 Å². The Hall–Kier alpha value is -1.14. The van der Waals surface area contributed by atoms with Crippen LogP contribution in [0.25, 0.3) is 0 Å². The van der Waals surface area contributed by atoms with Gasteiger partial charge in [0.05, 0.1) is 18.8 Å². The zero-order valence-electron chi connectivity index (χ0n) is 15.8. The van der Waals surface area contributed by atoms with Crippen LogP contribution in [0.4, 0.5) is 17.6 Å². The second-order valence-electron chi connectivity index (χ2n) is 6.31. The quantitative estimate of drug-likeness (QED) is 0.192. The topological polar surface area (TPSA) is 48.9 Å². The number of alkyl halides is 3. The second kappa shape index (κ2) is 12.4. The fourth-order valence-corrected chi connectivity index (χ4v) is 2.86. The van der Waals surface area contributed by atoms with Crippen LogP contribution in [0.5, 0.6) is 0 Å². The SMILES string of the molecule is CN=C(NCCCCN1CCOCC1)NCc1ccc(F)cc1C(F)(F)F.I. The minimum absolute atomic E-state index is 0. The summed E-state index contributed by atoms with van der Waals surface area (Å²) in [6, 6.07) is 2.67. The summed E-state index contributed by atoms with van der Waals surface area (Å²) in [6.45, 7) is 5.03. The van der Waals surface area contributed by atoms with Crippen LogP contribution in [-0.2, 0) is 17.5 Å². The molecule has 0 atom stereocenters. The molecule has 0 aromatic heterocycles. The third-order valence-electron chi connectivity index (χ3n) is 4.34. The normalized spacial score (nSPS) is 15.8. The lowest BCUT2D eigenvalue weighted by atomic mass is 10.1. The highest BCUT2D eigenvalue weighted by Gasteiger charge is 2.33. The molecule has 2 rings (SSSR count). The van der Waals surface area contributed by atoms with Crippen molar-refractivity contribution < 1.29 is 22.3 Å². The molecule has 0 radical (unpaired) electrons. The lowest BCUT2D eigenvalue weighted by Crippen LogP contribution is -2.39. The van der Waals surface area contributed by atoms with Crippen LogP contribution in [0.15, 0.2) is 23.2 Å². The number of hydrogen-bond donors (Lipinski definition) is 2. The molecular weight excluding hydrogens is 491 g/mol. The largest absolute Gasteiger partial charge is 0.416 e. The Bertz CT molecular complexity index is 622. The van der Waals surface area contributed by atoms with Crippen LogP contribution in [0.3, 0.4) is 0 Å². The first-order valence-electron chi connectivity index (χ1n) is 9.00. The van der Waals surface area contributed by atoms with E-state index in [4.69, 9.17) is 4.74 Å². The van der Waals surface area contributed by atoms with Crippen molar-refractivity contribution in [1.29, 1.82) is 0 Å². The van der Waals surface area contributed by atoms with Gasteiger partial charge in [0.25, 0.3) is 0 Å². The summed E-state index contributed by atoms with van der Waals surface area (Å²) in [5.74, 6) is -0.493. The van der Waals surface area contributed by atoms with Crippen LogP contribution in [-0.4, -0.2) is 57.3 Å². The van der Waals surface area contributed by atoms with Crippen molar-refractivity contribution >= 4 is 29.9 Å². The maximum absolute atomic E-state index is 13.1. The Kier molecular flexibility index (Phi) is 11.1.